The van der Waals surface area contributed by atoms with Crippen LogP contribution in [-0.4, -0.2) is 27.2 Å². The molecule has 2 heterocycles. The largest absolute Gasteiger partial charge is 0.352 e. The van der Waals surface area contributed by atoms with E-state index in [1.807, 2.05) is 36.7 Å². The van der Waals surface area contributed by atoms with Crippen LogP contribution in [0.3, 0.4) is 0 Å². The highest BCUT2D eigenvalue weighted by molar-refractivity contribution is 5.94. The van der Waals surface area contributed by atoms with Gasteiger partial charge in [-0.3, -0.25) is 4.79 Å². The second-order valence-electron chi connectivity index (χ2n) is 6.22. The molecule has 1 amide bonds. The first-order chi connectivity index (χ1) is 12.5. The average Bonchev–Trinajstić information content (AvgIpc) is 2.92. The fourth-order valence-electron chi connectivity index (χ4n) is 2.88. The van der Waals surface area contributed by atoms with E-state index in [4.69, 9.17) is 0 Å². The Bertz CT molecular complexity index is 934. The Morgan fingerprint density at radius 3 is 2.69 bits per heavy atom. The average molecular weight is 352 g/mol. The Morgan fingerprint density at radius 1 is 1.19 bits per heavy atom. The number of carbonyl (C=O) groups excluding carboxylic acids is 1. The van der Waals surface area contributed by atoms with Crippen molar-refractivity contribution in [2.45, 2.75) is 27.2 Å². The number of amides is 1. The molecule has 0 unspecified atom stereocenters. The quantitative estimate of drug-likeness (QED) is 0.766. The van der Waals surface area contributed by atoms with Gasteiger partial charge < -0.3 is 5.32 Å². The lowest BCUT2D eigenvalue weighted by molar-refractivity contribution is 0.0953. The van der Waals surface area contributed by atoms with Crippen LogP contribution in [0.4, 0.5) is 4.39 Å². The van der Waals surface area contributed by atoms with E-state index in [1.165, 1.54) is 6.07 Å². The van der Waals surface area contributed by atoms with Crippen molar-refractivity contribution >= 4 is 5.91 Å². The lowest BCUT2D eigenvalue weighted by Crippen LogP contribution is -2.26. The highest BCUT2D eigenvalue weighted by Crippen LogP contribution is 2.17. The van der Waals surface area contributed by atoms with Crippen molar-refractivity contribution in [3.63, 3.8) is 0 Å². The molecular weight excluding hydrogens is 331 g/mol. The van der Waals surface area contributed by atoms with Crippen LogP contribution in [0.1, 0.15) is 32.9 Å². The lowest BCUT2D eigenvalue weighted by Gasteiger charge is -2.07. The van der Waals surface area contributed by atoms with Gasteiger partial charge in [0.05, 0.1) is 5.69 Å². The molecule has 5 nitrogen and oxygen atoms in total. The number of halogens is 1. The minimum atomic E-state index is -0.374. The number of pyridine rings is 1. The molecule has 3 aromatic rings. The zero-order valence-corrected chi connectivity index (χ0v) is 15.1. The second kappa shape index (κ2) is 7.47. The number of aromatic nitrogens is 3. The SMILES string of the molecule is Cc1ccc(C(=O)NCCc2c(C)nn(-c3ccccn3)c2C)cc1F. The van der Waals surface area contributed by atoms with E-state index in [9.17, 15) is 9.18 Å². The third-order valence-electron chi connectivity index (χ3n) is 4.40. The van der Waals surface area contributed by atoms with Gasteiger partial charge >= 0.3 is 0 Å². The normalized spacial score (nSPS) is 10.8. The number of aryl methyl sites for hydroxylation is 2. The fourth-order valence-corrected chi connectivity index (χ4v) is 2.88. The monoisotopic (exact) mass is 352 g/mol. The van der Waals surface area contributed by atoms with E-state index < -0.39 is 0 Å². The standard InChI is InChI=1S/C20H21FN4O/c1-13-7-8-16(12-18(13)21)20(26)23-11-9-17-14(2)24-25(15(17)3)19-6-4-5-10-22-19/h4-8,10,12H,9,11H2,1-3H3,(H,23,26). The molecule has 0 atom stereocenters. The van der Waals surface area contributed by atoms with Crippen molar-refractivity contribution in [1.29, 1.82) is 0 Å². The molecular formula is C20H21FN4O. The predicted molar refractivity (Wildman–Crippen MR) is 98.0 cm³/mol. The second-order valence-corrected chi connectivity index (χ2v) is 6.22. The van der Waals surface area contributed by atoms with E-state index in [0.29, 0.717) is 24.1 Å². The molecule has 134 valence electrons. The summed E-state index contributed by atoms with van der Waals surface area (Å²) in [5.74, 6) is 0.107. The molecule has 3 rings (SSSR count). The summed E-state index contributed by atoms with van der Waals surface area (Å²) in [5, 5.41) is 7.39. The molecule has 0 saturated carbocycles. The van der Waals surface area contributed by atoms with Crippen LogP contribution >= 0.6 is 0 Å². The topological polar surface area (TPSA) is 59.8 Å². The van der Waals surface area contributed by atoms with Crippen LogP contribution in [0.25, 0.3) is 5.82 Å². The number of hydrogen-bond acceptors (Lipinski definition) is 3. The van der Waals surface area contributed by atoms with Crippen LogP contribution in [0.15, 0.2) is 42.6 Å². The van der Waals surface area contributed by atoms with E-state index in [-0.39, 0.29) is 11.7 Å². The van der Waals surface area contributed by atoms with Gasteiger partial charge in [0.25, 0.3) is 5.91 Å². The van der Waals surface area contributed by atoms with Gasteiger partial charge in [-0.25, -0.2) is 14.1 Å². The summed E-state index contributed by atoms with van der Waals surface area (Å²) < 4.78 is 15.4. The number of nitrogens with one attached hydrogen (secondary N) is 1. The van der Waals surface area contributed by atoms with Crippen molar-refractivity contribution in [2.75, 3.05) is 6.54 Å². The zero-order chi connectivity index (χ0) is 18.7. The van der Waals surface area contributed by atoms with Crippen LogP contribution < -0.4 is 5.32 Å². The number of nitrogens with zero attached hydrogens (tertiary/aromatic N) is 3. The predicted octanol–water partition coefficient (Wildman–Crippen LogP) is 3.30. The summed E-state index contributed by atoms with van der Waals surface area (Å²) in [4.78, 5) is 16.5. The van der Waals surface area contributed by atoms with Gasteiger partial charge in [-0.1, -0.05) is 12.1 Å². The Morgan fingerprint density at radius 2 is 2.00 bits per heavy atom. The molecule has 0 radical (unpaired) electrons. The Kier molecular flexibility index (Phi) is 5.11. The lowest BCUT2D eigenvalue weighted by atomic mass is 10.1. The summed E-state index contributed by atoms with van der Waals surface area (Å²) in [6.45, 7) is 6.05. The van der Waals surface area contributed by atoms with Crippen molar-refractivity contribution in [1.82, 2.24) is 20.1 Å². The third kappa shape index (κ3) is 3.64. The maximum absolute atomic E-state index is 13.6. The Balaban J connectivity index is 1.67. The number of carbonyl (C=O) groups is 1. The van der Waals surface area contributed by atoms with E-state index in [0.717, 1.165) is 22.8 Å². The molecule has 0 aliphatic heterocycles. The van der Waals surface area contributed by atoms with Crippen LogP contribution in [0.2, 0.25) is 0 Å². The van der Waals surface area contributed by atoms with Crippen molar-refractivity contribution in [3.05, 3.63) is 76.5 Å². The Hall–Kier alpha value is -3.02. The van der Waals surface area contributed by atoms with Crippen molar-refractivity contribution < 1.29 is 9.18 Å². The van der Waals surface area contributed by atoms with Crippen molar-refractivity contribution in [3.8, 4) is 5.82 Å². The van der Waals surface area contributed by atoms with Crippen LogP contribution in [0, 0.1) is 26.6 Å². The minimum Gasteiger partial charge on any atom is -0.352 e. The molecule has 0 saturated heterocycles. The summed E-state index contributed by atoms with van der Waals surface area (Å²) >= 11 is 0. The highest BCUT2D eigenvalue weighted by Gasteiger charge is 2.14. The van der Waals surface area contributed by atoms with E-state index in [2.05, 4.69) is 15.4 Å². The van der Waals surface area contributed by atoms with Gasteiger partial charge in [-0.15, -0.1) is 0 Å². The van der Waals surface area contributed by atoms with E-state index in [1.54, 1.807) is 25.3 Å². The molecule has 0 spiro atoms. The first kappa shape index (κ1) is 17.8. The summed E-state index contributed by atoms with van der Waals surface area (Å²) in [5.41, 5.74) is 3.83. The molecule has 0 fully saturated rings. The van der Waals surface area contributed by atoms with Crippen LogP contribution in [0.5, 0.6) is 0 Å². The Labute approximate surface area is 151 Å². The van der Waals surface area contributed by atoms with Crippen molar-refractivity contribution in [2.24, 2.45) is 0 Å². The summed E-state index contributed by atoms with van der Waals surface area (Å²) in [7, 11) is 0. The fraction of sp³-hybridized carbons (Fsp3) is 0.250. The molecule has 1 N–H and O–H groups in total. The van der Waals surface area contributed by atoms with Gasteiger partial charge in [-0.05, 0) is 62.6 Å². The number of rotatable bonds is 5. The smallest absolute Gasteiger partial charge is 0.251 e. The molecule has 0 aliphatic carbocycles. The number of benzene rings is 1. The molecule has 0 bridgehead atoms. The number of hydrogen-bond donors (Lipinski definition) is 1. The molecule has 6 heteroatoms. The zero-order valence-electron chi connectivity index (χ0n) is 15.1. The molecule has 2 aromatic heterocycles. The van der Waals surface area contributed by atoms with Gasteiger partial charge in [0.15, 0.2) is 5.82 Å². The summed E-state index contributed by atoms with van der Waals surface area (Å²) in [6, 6.07) is 10.2. The minimum absolute atomic E-state index is 0.281. The first-order valence-corrected chi connectivity index (χ1v) is 8.48. The third-order valence-corrected chi connectivity index (χ3v) is 4.40. The summed E-state index contributed by atoms with van der Waals surface area (Å²) in [6.07, 6.45) is 2.37. The van der Waals surface area contributed by atoms with Gasteiger partial charge in [0.2, 0.25) is 0 Å². The van der Waals surface area contributed by atoms with Gasteiger partial charge in [0, 0.05) is 24.0 Å². The van der Waals surface area contributed by atoms with E-state index >= 15 is 0 Å². The van der Waals surface area contributed by atoms with Gasteiger partial charge in [0.1, 0.15) is 5.82 Å². The first-order valence-electron chi connectivity index (χ1n) is 8.48. The maximum Gasteiger partial charge on any atom is 0.251 e. The molecule has 0 aliphatic rings. The molecule has 1 aromatic carbocycles. The highest BCUT2D eigenvalue weighted by atomic mass is 19.1. The maximum atomic E-state index is 13.6. The van der Waals surface area contributed by atoms with Gasteiger partial charge in [-0.2, -0.15) is 5.10 Å². The van der Waals surface area contributed by atoms with Crippen LogP contribution in [-0.2, 0) is 6.42 Å². The molecule has 26 heavy (non-hydrogen) atoms.